The second kappa shape index (κ2) is 6.70. The molecule has 0 saturated heterocycles. The Kier molecular flexibility index (Phi) is 4.95. The summed E-state index contributed by atoms with van der Waals surface area (Å²) < 4.78 is 5.31. The molecule has 0 fully saturated rings. The van der Waals surface area contributed by atoms with Crippen LogP contribution in [0.2, 0.25) is 0 Å². The van der Waals surface area contributed by atoms with Crippen LogP contribution in [0.5, 0.6) is 0 Å². The molecule has 5 nitrogen and oxygen atoms in total. The minimum Gasteiger partial charge on any atom is -0.383 e. The van der Waals surface area contributed by atoms with Crippen molar-refractivity contribution in [1.82, 2.24) is 20.1 Å². The summed E-state index contributed by atoms with van der Waals surface area (Å²) in [6.45, 7) is 3.31. The minimum absolute atomic E-state index is 0.121. The SMILES string of the molecule is COC[C@@H](c1ccccn1)N(C)Cc1nnc(C)s1. The topological polar surface area (TPSA) is 51.1 Å². The van der Waals surface area contributed by atoms with E-state index in [4.69, 9.17) is 4.74 Å². The number of pyridine rings is 1. The number of nitrogens with zero attached hydrogens (tertiary/aromatic N) is 4. The molecule has 0 aromatic carbocycles. The van der Waals surface area contributed by atoms with Gasteiger partial charge in [-0.2, -0.15) is 0 Å². The average Bonchev–Trinajstić information content (AvgIpc) is 2.82. The van der Waals surface area contributed by atoms with Crippen molar-refractivity contribution in [2.24, 2.45) is 0 Å². The Morgan fingerprint density at radius 2 is 2.21 bits per heavy atom. The molecule has 0 unspecified atom stereocenters. The summed E-state index contributed by atoms with van der Waals surface area (Å²) in [5.74, 6) is 0. The van der Waals surface area contributed by atoms with Gasteiger partial charge in [-0.1, -0.05) is 6.07 Å². The van der Waals surface area contributed by atoms with Crippen molar-refractivity contribution in [1.29, 1.82) is 0 Å². The highest BCUT2D eigenvalue weighted by Crippen LogP contribution is 2.20. The Labute approximate surface area is 117 Å². The number of ether oxygens (including phenoxy) is 1. The number of hydrogen-bond donors (Lipinski definition) is 0. The van der Waals surface area contributed by atoms with Crippen LogP contribution in [0.15, 0.2) is 24.4 Å². The Morgan fingerprint density at radius 3 is 2.79 bits per heavy atom. The van der Waals surface area contributed by atoms with Crippen LogP contribution in [0, 0.1) is 6.92 Å². The summed E-state index contributed by atoms with van der Waals surface area (Å²) in [7, 11) is 3.76. The van der Waals surface area contributed by atoms with Gasteiger partial charge in [0.1, 0.15) is 10.0 Å². The van der Waals surface area contributed by atoms with Gasteiger partial charge in [0.25, 0.3) is 0 Å². The van der Waals surface area contributed by atoms with E-state index < -0.39 is 0 Å². The summed E-state index contributed by atoms with van der Waals surface area (Å²) in [4.78, 5) is 6.60. The average molecular weight is 278 g/mol. The molecule has 19 heavy (non-hydrogen) atoms. The lowest BCUT2D eigenvalue weighted by Crippen LogP contribution is -2.28. The molecule has 0 N–H and O–H groups in total. The smallest absolute Gasteiger partial charge is 0.131 e. The first-order valence-electron chi connectivity index (χ1n) is 6.09. The Balaban J connectivity index is 2.10. The molecule has 1 atom stereocenters. The van der Waals surface area contributed by atoms with Crippen LogP contribution in [-0.4, -0.2) is 40.8 Å². The maximum Gasteiger partial charge on any atom is 0.131 e. The number of aromatic nitrogens is 3. The molecule has 0 aliphatic rings. The highest BCUT2D eigenvalue weighted by Gasteiger charge is 2.19. The van der Waals surface area contributed by atoms with Crippen molar-refractivity contribution in [3.63, 3.8) is 0 Å². The second-order valence-corrected chi connectivity index (χ2v) is 5.62. The molecule has 0 bridgehead atoms. The number of aryl methyl sites for hydroxylation is 1. The largest absolute Gasteiger partial charge is 0.383 e. The maximum atomic E-state index is 5.31. The van der Waals surface area contributed by atoms with Crippen molar-refractivity contribution >= 4 is 11.3 Å². The lowest BCUT2D eigenvalue weighted by molar-refractivity contribution is 0.0998. The van der Waals surface area contributed by atoms with Crippen LogP contribution in [0.4, 0.5) is 0 Å². The number of hydrogen-bond acceptors (Lipinski definition) is 6. The fourth-order valence-electron chi connectivity index (χ4n) is 1.89. The van der Waals surface area contributed by atoms with Gasteiger partial charge in [-0.3, -0.25) is 9.88 Å². The van der Waals surface area contributed by atoms with Crippen LogP contribution in [0.25, 0.3) is 0 Å². The first-order valence-corrected chi connectivity index (χ1v) is 6.91. The molecule has 0 radical (unpaired) electrons. The number of rotatable bonds is 6. The van der Waals surface area contributed by atoms with Crippen LogP contribution in [-0.2, 0) is 11.3 Å². The quantitative estimate of drug-likeness (QED) is 0.809. The summed E-state index contributed by atoms with van der Waals surface area (Å²) in [6.07, 6.45) is 1.81. The Bertz CT molecular complexity index is 502. The fourth-order valence-corrected chi connectivity index (χ4v) is 2.67. The lowest BCUT2D eigenvalue weighted by atomic mass is 10.2. The van der Waals surface area contributed by atoms with Gasteiger partial charge in [0, 0.05) is 13.3 Å². The molecule has 2 aromatic heterocycles. The van der Waals surface area contributed by atoms with E-state index in [1.54, 1.807) is 24.6 Å². The van der Waals surface area contributed by atoms with Gasteiger partial charge in [-0.15, -0.1) is 21.5 Å². The lowest BCUT2D eigenvalue weighted by Gasteiger charge is -2.26. The Morgan fingerprint density at radius 1 is 1.37 bits per heavy atom. The van der Waals surface area contributed by atoms with Gasteiger partial charge in [0.15, 0.2) is 0 Å². The third-order valence-corrected chi connectivity index (χ3v) is 3.66. The molecule has 2 heterocycles. The summed E-state index contributed by atoms with van der Waals surface area (Å²) in [5.41, 5.74) is 1.01. The van der Waals surface area contributed by atoms with Crippen LogP contribution < -0.4 is 0 Å². The molecule has 6 heteroatoms. The van der Waals surface area contributed by atoms with E-state index in [0.717, 1.165) is 22.3 Å². The zero-order valence-electron chi connectivity index (χ0n) is 11.4. The molecule has 0 aliphatic carbocycles. The summed E-state index contributed by atoms with van der Waals surface area (Å²) in [5, 5.41) is 10.2. The van der Waals surface area contributed by atoms with Crippen molar-refractivity contribution in [2.75, 3.05) is 20.8 Å². The van der Waals surface area contributed by atoms with Gasteiger partial charge in [-0.05, 0) is 26.1 Å². The van der Waals surface area contributed by atoms with Crippen LogP contribution >= 0.6 is 11.3 Å². The predicted molar refractivity (Wildman–Crippen MR) is 75.0 cm³/mol. The van der Waals surface area contributed by atoms with Gasteiger partial charge in [-0.25, -0.2) is 0 Å². The van der Waals surface area contributed by atoms with E-state index >= 15 is 0 Å². The van der Waals surface area contributed by atoms with Gasteiger partial charge < -0.3 is 4.74 Å². The molecule has 2 aromatic rings. The molecule has 0 aliphatic heterocycles. The van der Waals surface area contributed by atoms with Gasteiger partial charge in [0.05, 0.1) is 24.9 Å². The molecule has 0 amide bonds. The van der Waals surface area contributed by atoms with E-state index in [-0.39, 0.29) is 6.04 Å². The number of methoxy groups -OCH3 is 1. The molecular weight excluding hydrogens is 260 g/mol. The zero-order chi connectivity index (χ0) is 13.7. The first-order chi connectivity index (χ1) is 9.20. The van der Waals surface area contributed by atoms with Crippen molar-refractivity contribution in [3.8, 4) is 0 Å². The Hall–Kier alpha value is -1.37. The monoisotopic (exact) mass is 278 g/mol. The van der Waals surface area contributed by atoms with E-state index in [1.165, 1.54) is 0 Å². The predicted octanol–water partition coefficient (Wildman–Crippen LogP) is 2.06. The van der Waals surface area contributed by atoms with Crippen LogP contribution in [0.1, 0.15) is 21.8 Å². The standard InChI is InChI=1S/C13H18N4OS/c1-10-15-16-13(19-10)8-17(2)12(9-18-3)11-6-4-5-7-14-11/h4-7,12H,8-9H2,1-3H3/t12-/m0/s1. The molecule has 2 rings (SSSR count). The highest BCUT2D eigenvalue weighted by molar-refractivity contribution is 7.11. The maximum absolute atomic E-state index is 5.31. The van der Waals surface area contributed by atoms with E-state index in [9.17, 15) is 0 Å². The zero-order valence-corrected chi connectivity index (χ0v) is 12.2. The third kappa shape index (κ3) is 3.79. The summed E-state index contributed by atoms with van der Waals surface area (Å²) in [6, 6.07) is 6.05. The molecule has 0 spiro atoms. The fraction of sp³-hybridized carbons (Fsp3) is 0.462. The van der Waals surface area contributed by atoms with Crippen LogP contribution in [0.3, 0.4) is 0 Å². The van der Waals surface area contributed by atoms with E-state index in [0.29, 0.717) is 6.61 Å². The van der Waals surface area contributed by atoms with Crippen molar-refractivity contribution in [2.45, 2.75) is 19.5 Å². The van der Waals surface area contributed by atoms with Crippen molar-refractivity contribution < 1.29 is 4.74 Å². The molecule has 102 valence electrons. The molecular formula is C13H18N4OS. The van der Waals surface area contributed by atoms with E-state index in [1.807, 2.05) is 25.1 Å². The normalized spacial score (nSPS) is 12.8. The van der Waals surface area contributed by atoms with Crippen molar-refractivity contribution in [3.05, 3.63) is 40.1 Å². The minimum atomic E-state index is 0.121. The molecule has 0 saturated carbocycles. The number of likely N-dealkylation sites (N-methyl/N-ethyl adjacent to an activating group) is 1. The van der Waals surface area contributed by atoms with Gasteiger partial charge >= 0.3 is 0 Å². The van der Waals surface area contributed by atoms with Gasteiger partial charge in [0.2, 0.25) is 0 Å². The first kappa shape index (κ1) is 14.0. The third-order valence-electron chi connectivity index (χ3n) is 2.84. The van der Waals surface area contributed by atoms with E-state index in [2.05, 4.69) is 27.1 Å². The highest BCUT2D eigenvalue weighted by atomic mass is 32.1. The second-order valence-electron chi connectivity index (χ2n) is 4.36. The summed E-state index contributed by atoms with van der Waals surface area (Å²) >= 11 is 1.62.